The number of halogens is 1. The van der Waals surface area contributed by atoms with Crippen molar-refractivity contribution in [3.8, 4) is 0 Å². The average Bonchev–Trinajstić information content (AvgIpc) is 2.07. The first kappa shape index (κ1) is 11.9. The highest BCUT2D eigenvalue weighted by Crippen LogP contribution is 1.92. The number of pyridine rings is 1. The van der Waals surface area contributed by atoms with Crippen LogP contribution in [0.4, 0.5) is 0 Å². The topological polar surface area (TPSA) is 3.88 Å². The van der Waals surface area contributed by atoms with Gasteiger partial charge in [-0.25, -0.2) is 4.57 Å². The van der Waals surface area contributed by atoms with Crippen molar-refractivity contribution in [2.24, 2.45) is 0 Å². The standard InChI is InChI=1S/C10H16N.HI/c1-2-3-5-8-11-9-6-4-7-10-11;/h4,6-7,9-10H,2-3,5,8H2,1H3;1H/q+1;/p-1. The van der Waals surface area contributed by atoms with Crippen LogP contribution < -0.4 is 28.5 Å². The normalized spacial score (nSPS) is 9.08. The van der Waals surface area contributed by atoms with E-state index in [9.17, 15) is 0 Å². The SMILES string of the molecule is CCCCC[n+]1ccccc1.[I-]. The predicted octanol–water partition coefficient (Wildman–Crippen LogP) is -0.832. The summed E-state index contributed by atoms with van der Waals surface area (Å²) < 4.78 is 2.23. The third-order valence-electron chi connectivity index (χ3n) is 1.80. The lowest BCUT2D eigenvalue weighted by molar-refractivity contribution is -0.697. The molecule has 0 aliphatic rings. The van der Waals surface area contributed by atoms with E-state index in [-0.39, 0.29) is 24.0 Å². The third-order valence-corrected chi connectivity index (χ3v) is 1.80. The summed E-state index contributed by atoms with van der Waals surface area (Å²) in [5, 5.41) is 0. The summed E-state index contributed by atoms with van der Waals surface area (Å²) >= 11 is 0. The first-order valence-corrected chi connectivity index (χ1v) is 4.37. The van der Waals surface area contributed by atoms with E-state index >= 15 is 0 Å². The Bertz CT molecular complexity index is 186. The molecule has 12 heavy (non-hydrogen) atoms. The zero-order valence-electron chi connectivity index (χ0n) is 7.54. The van der Waals surface area contributed by atoms with Gasteiger partial charge in [0.25, 0.3) is 0 Å². The minimum Gasteiger partial charge on any atom is -1.00 e. The van der Waals surface area contributed by atoms with Gasteiger partial charge in [-0.3, -0.25) is 0 Å². The first-order valence-electron chi connectivity index (χ1n) is 4.37. The third kappa shape index (κ3) is 4.70. The molecule has 0 aliphatic heterocycles. The molecule has 0 saturated carbocycles. The van der Waals surface area contributed by atoms with Crippen LogP contribution in [0, 0.1) is 0 Å². The van der Waals surface area contributed by atoms with Crippen molar-refractivity contribution in [3.05, 3.63) is 30.6 Å². The molecule has 0 saturated heterocycles. The number of rotatable bonds is 4. The van der Waals surface area contributed by atoms with E-state index in [1.807, 2.05) is 0 Å². The molecule has 0 amide bonds. The lowest BCUT2D eigenvalue weighted by Crippen LogP contribution is -3.00. The second-order valence-electron chi connectivity index (χ2n) is 2.82. The van der Waals surface area contributed by atoms with Gasteiger partial charge >= 0.3 is 0 Å². The molecular formula is C10H16IN. The van der Waals surface area contributed by atoms with E-state index in [4.69, 9.17) is 0 Å². The Kier molecular flexibility index (Phi) is 7.45. The minimum atomic E-state index is 0. The van der Waals surface area contributed by atoms with E-state index in [1.165, 1.54) is 19.3 Å². The molecule has 1 rings (SSSR count). The number of unbranched alkanes of at least 4 members (excludes halogenated alkanes) is 2. The zero-order chi connectivity index (χ0) is 7.94. The Hall–Kier alpha value is -0.120. The van der Waals surface area contributed by atoms with E-state index in [0.29, 0.717) is 0 Å². The molecule has 0 fully saturated rings. The molecule has 68 valence electrons. The summed E-state index contributed by atoms with van der Waals surface area (Å²) in [5.74, 6) is 0. The van der Waals surface area contributed by atoms with Crippen LogP contribution in [-0.4, -0.2) is 0 Å². The van der Waals surface area contributed by atoms with Gasteiger partial charge in [0.2, 0.25) is 0 Å². The van der Waals surface area contributed by atoms with Crippen LogP contribution in [0.5, 0.6) is 0 Å². The highest BCUT2D eigenvalue weighted by molar-refractivity contribution is 4.83. The zero-order valence-corrected chi connectivity index (χ0v) is 9.70. The van der Waals surface area contributed by atoms with Gasteiger partial charge in [-0.05, 0) is 6.42 Å². The number of aryl methyl sites for hydroxylation is 1. The Balaban J connectivity index is 0.00000121. The van der Waals surface area contributed by atoms with Gasteiger partial charge in [-0.15, -0.1) is 0 Å². The van der Waals surface area contributed by atoms with Gasteiger partial charge in [0.05, 0.1) is 0 Å². The van der Waals surface area contributed by atoms with Crippen LogP contribution >= 0.6 is 0 Å². The van der Waals surface area contributed by atoms with Crippen molar-refractivity contribution in [3.63, 3.8) is 0 Å². The van der Waals surface area contributed by atoms with Crippen molar-refractivity contribution < 1.29 is 28.5 Å². The lowest BCUT2D eigenvalue weighted by atomic mass is 10.2. The Morgan fingerprint density at radius 3 is 2.25 bits per heavy atom. The fourth-order valence-corrected chi connectivity index (χ4v) is 1.13. The van der Waals surface area contributed by atoms with Gasteiger partial charge in [0, 0.05) is 18.6 Å². The predicted molar refractivity (Wildman–Crippen MR) is 46.2 cm³/mol. The highest BCUT2D eigenvalue weighted by atomic mass is 127. The number of nitrogens with zero attached hydrogens (tertiary/aromatic N) is 1. The Labute approximate surface area is 91.8 Å². The molecule has 0 N–H and O–H groups in total. The largest absolute Gasteiger partial charge is 1.00 e. The number of hydrogen-bond donors (Lipinski definition) is 0. The van der Waals surface area contributed by atoms with Crippen molar-refractivity contribution in [2.45, 2.75) is 32.7 Å². The first-order chi connectivity index (χ1) is 5.43. The maximum absolute atomic E-state index is 2.23. The van der Waals surface area contributed by atoms with E-state index in [1.54, 1.807) is 0 Å². The average molecular weight is 277 g/mol. The summed E-state index contributed by atoms with van der Waals surface area (Å²) in [5.41, 5.74) is 0. The van der Waals surface area contributed by atoms with Crippen LogP contribution in [0.1, 0.15) is 26.2 Å². The second-order valence-corrected chi connectivity index (χ2v) is 2.82. The maximum atomic E-state index is 2.23. The molecule has 0 radical (unpaired) electrons. The van der Waals surface area contributed by atoms with Gasteiger partial charge < -0.3 is 24.0 Å². The molecule has 0 bridgehead atoms. The summed E-state index contributed by atoms with van der Waals surface area (Å²) in [6.07, 6.45) is 8.17. The van der Waals surface area contributed by atoms with E-state index in [0.717, 1.165) is 6.54 Å². The molecule has 0 spiro atoms. The molecule has 2 heteroatoms. The lowest BCUT2D eigenvalue weighted by Gasteiger charge is -1.93. The highest BCUT2D eigenvalue weighted by Gasteiger charge is 1.94. The number of hydrogen-bond acceptors (Lipinski definition) is 0. The molecule has 0 unspecified atom stereocenters. The van der Waals surface area contributed by atoms with Crippen molar-refractivity contribution in [1.82, 2.24) is 0 Å². The van der Waals surface area contributed by atoms with Crippen LogP contribution in [0.25, 0.3) is 0 Å². The number of aromatic nitrogens is 1. The molecule has 1 heterocycles. The van der Waals surface area contributed by atoms with E-state index < -0.39 is 0 Å². The smallest absolute Gasteiger partial charge is 0.168 e. The second kappa shape index (κ2) is 7.53. The van der Waals surface area contributed by atoms with Gasteiger partial charge in [0.1, 0.15) is 6.54 Å². The molecule has 1 nitrogen and oxygen atoms in total. The molecule has 0 atom stereocenters. The van der Waals surface area contributed by atoms with Crippen LogP contribution in [0.3, 0.4) is 0 Å². The summed E-state index contributed by atoms with van der Waals surface area (Å²) in [7, 11) is 0. The van der Waals surface area contributed by atoms with Crippen molar-refractivity contribution in [1.29, 1.82) is 0 Å². The van der Waals surface area contributed by atoms with Crippen molar-refractivity contribution >= 4 is 0 Å². The van der Waals surface area contributed by atoms with Gasteiger partial charge in [0.15, 0.2) is 12.4 Å². The van der Waals surface area contributed by atoms with Crippen LogP contribution in [0.2, 0.25) is 0 Å². The van der Waals surface area contributed by atoms with Crippen LogP contribution in [0.15, 0.2) is 30.6 Å². The summed E-state index contributed by atoms with van der Waals surface area (Å²) in [4.78, 5) is 0. The molecule has 1 aromatic rings. The Morgan fingerprint density at radius 2 is 1.67 bits per heavy atom. The van der Waals surface area contributed by atoms with Gasteiger partial charge in [-0.1, -0.05) is 19.4 Å². The fraction of sp³-hybridized carbons (Fsp3) is 0.500. The molecular weight excluding hydrogens is 261 g/mol. The summed E-state index contributed by atoms with van der Waals surface area (Å²) in [6, 6.07) is 6.20. The Morgan fingerprint density at radius 1 is 1.00 bits per heavy atom. The molecule has 0 aromatic carbocycles. The maximum Gasteiger partial charge on any atom is 0.168 e. The van der Waals surface area contributed by atoms with Crippen LogP contribution in [-0.2, 0) is 6.54 Å². The summed E-state index contributed by atoms with van der Waals surface area (Å²) in [6.45, 7) is 3.39. The minimum absolute atomic E-state index is 0. The van der Waals surface area contributed by atoms with E-state index in [2.05, 4.69) is 42.1 Å². The monoisotopic (exact) mass is 277 g/mol. The fourth-order valence-electron chi connectivity index (χ4n) is 1.13. The quantitative estimate of drug-likeness (QED) is 0.384. The molecule has 1 aromatic heterocycles. The van der Waals surface area contributed by atoms with Gasteiger partial charge in [-0.2, -0.15) is 0 Å². The molecule has 0 aliphatic carbocycles. The van der Waals surface area contributed by atoms with Crippen molar-refractivity contribution in [2.75, 3.05) is 0 Å².